The highest BCUT2D eigenvalue weighted by Crippen LogP contribution is 1.89. The predicted octanol–water partition coefficient (Wildman–Crippen LogP) is 1.66. The molecule has 0 bridgehead atoms. The molecule has 0 atom stereocenters. The second-order valence-corrected chi connectivity index (χ2v) is 2.67. The van der Waals surface area contributed by atoms with Gasteiger partial charge in [-0.2, -0.15) is 0 Å². The van der Waals surface area contributed by atoms with E-state index in [-0.39, 0.29) is 5.57 Å². The van der Waals surface area contributed by atoms with Crippen molar-refractivity contribution in [2.24, 2.45) is 0 Å². The number of esters is 1. The molecule has 0 aromatic rings. The minimum Gasteiger partial charge on any atom is -0.502 e. The summed E-state index contributed by atoms with van der Waals surface area (Å²) in [7, 11) is 0. The molecule has 0 spiro atoms. The van der Waals surface area contributed by atoms with Crippen LogP contribution in [-0.2, 0) is 14.3 Å². The number of carboxylic acids is 1. The zero-order valence-corrected chi connectivity index (χ0v) is 8.95. The van der Waals surface area contributed by atoms with Gasteiger partial charge in [-0.3, -0.25) is 0 Å². The fraction of sp³-hybridized carbons (Fsp3) is 0.400. The summed E-state index contributed by atoms with van der Waals surface area (Å²) in [6.07, 6.45) is 0.749. The SMILES string of the molecule is C=C(C)C(=O)O.C=C(O)C(=O)OCCC. The third-order valence-electron chi connectivity index (χ3n) is 1.04. The topological polar surface area (TPSA) is 83.8 Å². The summed E-state index contributed by atoms with van der Waals surface area (Å²) in [4.78, 5) is 19.9. The van der Waals surface area contributed by atoms with Gasteiger partial charge in [-0.15, -0.1) is 0 Å². The third kappa shape index (κ3) is 12.2. The van der Waals surface area contributed by atoms with Gasteiger partial charge in [-0.1, -0.05) is 13.5 Å². The molecular weight excluding hydrogens is 200 g/mol. The fourth-order valence-electron chi connectivity index (χ4n) is 0.278. The molecule has 0 heterocycles. The second-order valence-electron chi connectivity index (χ2n) is 2.67. The van der Waals surface area contributed by atoms with Crippen LogP contribution in [0.4, 0.5) is 0 Å². The van der Waals surface area contributed by atoms with Gasteiger partial charge >= 0.3 is 11.9 Å². The molecule has 0 aromatic heterocycles. The number of aliphatic hydroxyl groups excluding tert-OH is 1. The van der Waals surface area contributed by atoms with E-state index in [1.807, 2.05) is 6.92 Å². The molecule has 0 radical (unpaired) electrons. The van der Waals surface area contributed by atoms with E-state index in [4.69, 9.17) is 10.2 Å². The maximum atomic E-state index is 10.3. The van der Waals surface area contributed by atoms with Gasteiger partial charge in [0.25, 0.3) is 0 Å². The standard InChI is InChI=1S/C6H10O3.C4H6O2/c1-3-4-9-6(8)5(2)7;1-3(2)4(5)6/h7H,2-4H2,1H3;1H2,2H3,(H,5,6). The van der Waals surface area contributed by atoms with Crippen LogP contribution in [0.1, 0.15) is 20.3 Å². The molecule has 0 aliphatic heterocycles. The van der Waals surface area contributed by atoms with E-state index in [0.29, 0.717) is 6.61 Å². The van der Waals surface area contributed by atoms with Crippen LogP contribution in [-0.4, -0.2) is 28.8 Å². The van der Waals surface area contributed by atoms with Gasteiger partial charge in [0.2, 0.25) is 0 Å². The average Bonchev–Trinajstić information content (AvgIpc) is 2.14. The third-order valence-corrected chi connectivity index (χ3v) is 1.04. The van der Waals surface area contributed by atoms with Crippen LogP contribution in [0, 0.1) is 0 Å². The Morgan fingerprint density at radius 3 is 1.87 bits per heavy atom. The number of rotatable bonds is 4. The summed E-state index contributed by atoms with van der Waals surface area (Å²) in [6.45, 7) is 9.79. The number of aliphatic hydroxyl groups is 1. The number of aliphatic carboxylic acids is 1. The minimum absolute atomic E-state index is 0.176. The largest absolute Gasteiger partial charge is 0.502 e. The van der Waals surface area contributed by atoms with Crippen molar-refractivity contribution in [1.29, 1.82) is 0 Å². The fourth-order valence-corrected chi connectivity index (χ4v) is 0.278. The Labute approximate surface area is 88.7 Å². The molecule has 86 valence electrons. The van der Waals surface area contributed by atoms with Gasteiger partial charge in [0, 0.05) is 5.57 Å². The van der Waals surface area contributed by atoms with Crippen LogP contribution < -0.4 is 0 Å². The number of hydrogen-bond donors (Lipinski definition) is 2. The molecule has 0 rings (SSSR count). The van der Waals surface area contributed by atoms with Crippen LogP contribution in [0.2, 0.25) is 0 Å². The molecule has 0 fully saturated rings. The van der Waals surface area contributed by atoms with E-state index in [0.717, 1.165) is 6.42 Å². The van der Waals surface area contributed by atoms with Crippen LogP contribution in [0.15, 0.2) is 24.5 Å². The maximum Gasteiger partial charge on any atom is 0.372 e. The molecular formula is C10H16O5. The van der Waals surface area contributed by atoms with Gasteiger partial charge in [0.15, 0.2) is 5.76 Å². The molecule has 5 nitrogen and oxygen atoms in total. The van der Waals surface area contributed by atoms with Crippen LogP contribution >= 0.6 is 0 Å². The summed E-state index contributed by atoms with van der Waals surface area (Å²) in [6, 6.07) is 0. The highest BCUT2D eigenvalue weighted by molar-refractivity contribution is 5.85. The summed E-state index contributed by atoms with van der Waals surface area (Å²) in [5.74, 6) is -2.21. The molecule has 0 saturated carbocycles. The predicted molar refractivity (Wildman–Crippen MR) is 55.5 cm³/mol. The minimum atomic E-state index is -0.935. The number of ether oxygens (including phenoxy) is 1. The Balaban J connectivity index is 0. The average molecular weight is 216 g/mol. The second kappa shape index (κ2) is 8.80. The number of carbonyl (C=O) groups excluding carboxylic acids is 1. The molecule has 0 aromatic carbocycles. The maximum absolute atomic E-state index is 10.3. The molecule has 0 aliphatic carbocycles. The first-order valence-electron chi connectivity index (χ1n) is 4.26. The quantitative estimate of drug-likeness (QED) is 0.424. The molecule has 2 N–H and O–H groups in total. The first-order chi connectivity index (χ1) is 6.82. The van der Waals surface area contributed by atoms with Crippen molar-refractivity contribution in [3.8, 4) is 0 Å². The van der Waals surface area contributed by atoms with Gasteiger partial charge < -0.3 is 14.9 Å². The monoisotopic (exact) mass is 216 g/mol. The number of carbonyl (C=O) groups is 2. The molecule has 0 aliphatic rings. The lowest BCUT2D eigenvalue weighted by molar-refractivity contribution is -0.142. The van der Waals surface area contributed by atoms with Crippen molar-refractivity contribution in [2.75, 3.05) is 6.61 Å². The van der Waals surface area contributed by atoms with Crippen molar-refractivity contribution in [1.82, 2.24) is 0 Å². The highest BCUT2D eigenvalue weighted by atomic mass is 16.5. The lowest BCUT2D eigenvalue weighted by atomic mass is 10.4. The first-order valence-corrected chi connectivity index (χ1v) is 4.26. The highest BCUT2D eigenvalue weighted by Gasteiger charge is 2.02. The lowest BCUT2D eigenvalue weighted by Gasteiger charge is -1.98. The van der Waals surface area contributed by atoms with Crippen molar-refractivity contribution >= 4 is 11.9 Å². The Hall–Kier alpha value is -1.78. The smallest absolute Gasteiger partial charge is 0.372 e. The summed E-state index contributed by atoms with van der Waals surface area (Å²) >= 11 is 0. The zero-order chi connectivity index (χ0) is 12.4. The Morgan fingerprint density at radius 1 is 1.27 bits per heavy atom. The van der Waals surface area contributed by atoms with E-state index in [1.54, 1.807) is 0 Å². The summed E-state index contributed by atoms with van der Waals surface area (Å²) < 4.78 is 4.46. The van der Waals surface area contributed by atoms with Gasteiger partial charge in [0.05, 0.1) is 6.61 Å². The van der Waals surface area contributed by atoms with Crippen molar-refractivity contribution in [3.05, 3.63) is 24.5 Å². The van der Waals surface area contributed by atoms with E-state index in [1.165, 1.54) is 6.92 Å². The molecule has 0 unspecified atom stereocenters. The van der Waals surface area contributed by atoms with Crippen LogP contribution in [0.25, 0.3) is 0 Å². The van der Waals surface area contributed by atoms with Crippen molar-refractivity contribution < 1.29 is 24.5 Å². The van der Waals surface area contributed by atoms with Crippen molar-refractivity contribution in [3.63, 3.8) is 0 Å². The van der Waals surface area contributed by atoms with E-state index < -0.39 is 17.7 Å². The van der Waals surface area contributed by atoms with Gasteiger partial charge in [-0.25, -0.2) is 9.59 Å². The van der Waals surface area contributed by atoms with Gasteiger partial charge in [-0.05, 0) is 19.9 Å². The van der Waals surface area contributed by atoms with Crippen molar-refractivity contribution in [2.45, 2.75) is 20.3 Å². The summed E-state index contributed by atoms with van der Waals surface area (Å²) in [5.41, 5.74) is 0.176. The molecule has 0 saturated heterocycles. The number of carboxylic acid groups (broad SMARTS) is 1. The normalized spacial score (nSPS) is 8.13. The van der Waals surface area contributed by atoms with E-state index >= 15 is 0 Å². The molecule has 5 heteroatoms. The van der Waals surface area contributed by atoms with Gasteiger partial charge in [0.1, 0.15) is 0 Å². The molecule has 0 amide bonds. The number of hydrogen-bond acceptors (Lipinski definition) is 4. The Bertz CT molecular complexity index is 243. The van der Waals surface area contributed by atoms with E-state index in [9.17, 15) is 9.59 Å². The van der Waals surface area contributed by atoms with Crippen LogP contribution in [0.3, 0.4) is 0 Å². The first kappa shape index (κ1) is 15.7. The van der Waals surface area contributed by atoms with Crippen LogP contribution in [0.5, 0.6) is 0 Å². The molecule has 15 heavy (non-hydrogen) atoms. The Morgan fingerprint density at radius 2 is 1.67 bits per heavy atom. The summed E-state index contributed by atoms with van der Waals surface area (Å²) in [5, 5.41) is 16.3. The van der Waals surface area contributed by atoms with E-state index in [2.05, 4.69) is 17.9 Å². The zero-order valence-electron chi connectivity index (χ0n) is 8.95. The Kier molecular flexibility index (Phi) is 9.20. The lowest BCUT2D eigenvalue weighted by Crippen LogP contribution is -2.06.